The van der Waals surface area contributed by atoms with Crippen LogP contribution in [0.4, 0.5) is 0 Å². The van der Waals surface area contributed by atoms with Gasteiger partial charge in [-0.15, -0.1) is 0 Å². The third kappa shape index (κ3) is 9.25. The molecular formula is C13H22LiO7S. The third-order valence-electron chi connectivity index (χ3n) is 3.11. The summed E-state index contributed by atoms with van der Waals surface area (Å²) in [4.78, 5) is 21.6. The van der Waals surface area contributed by atoms with E-state index in [1.54, 1.807) is 0 Å². The third-order valence-corrected chi connectivity index (χ3v) is 4.22. The first-order valence-electron chi connectivity index (χ1n) is 6.43. The molecule has 3 unspecified atom stereocenters. The maximum atomic E-state index is 11.2. The van der Waals surface area contributed by atoms with E-state index in [0.717, 1.165) is 6.08 Å². The van der Waals surface area contributed by atoms with Crippen LogP contribution in [0.3, 0.4) is 0 Å². The monoisotopic (exact) mass is 329 g/mol. The molecule has 0 fully saturated rings. The number of hydrogen-bond donors (Lipinski definition) is 2. The van der Waals surface area contributed by atoms with E-state index in [-0.39, 0.29) is 31.7 Å². The van der Waals surface area contributed by atoms with Crippen LogP contribution in [0.2, 0.25) is 0 Å². The summed E-state index contributed by atoms with van der Waals surface area (Å²) in [7, 11) is -4.39. The van der Waals surface area contributed by atoms with Gasteiger partial charge in [0, 0.05) is 18.4 Å². The van der Waals surface area contributed by atoms with Gasteiger partial charge in [-0.3, -0.25) is 9.35 Å². The van der Waals surface area contributed by atoms with E-state index in [1.807, 2.05) is 0 Å². The van der Waals surface area contributed by atoms with E-state index in [0.29, 0.717) is 12.8 Å². The Bertz CT molecular complexity index is 475. The fourth-order valence-corrected chi connectivity index (χ4v) is 2.72. The summed E-state index contributed by atoms with van der Waals surface area (Å²) in [6.45, 7) is 8.14. The van der Waals surface area contributed by atoms with Gasteiger partial charge >= 0.3 is 30.8 Å². The molecule has 1 radical (unpaired) electrons. The van der Waals surface area contributed by atoms with Crippen molar-refractivity contribution in [2.24, 2.45) is 5.92 Å². The molecule has 123 valence electrons. The average molecular weight is 329 g/mol. The maximum absolute atomic E-state index is 11.2. The number of rotatable bonds is 10. The van der Waals surface area contributed by atoms with Gasteiger partial charge in [-0.05, 0) is 26.7 Å². The zero-order valence-electron chi connectivity index (χ0n) is 11.9. The van der Waals surface area contributed by atoms with Gasteiger partial charge in [0.25, 0.3) is 10.1 Å². The van der Waals surface area contributed by atoms with Gasteiger partial charge in [0.2, 0.25) is 0 Å². The van der Waals surface area contributed by atoms with E-state index in [2.05, 4.69) is 13.5 Å². The van der Waals surface area contributed by atoms with Gasteiger partial charge in [-0.25, -0.2) is 4.79 Å². The van der Waals surface area contributed by atoms with Crippen molar-refractivity contribution in [2.75, 3.05) is 0 Å². The van der Waals surface area contributed by atoms with E-state index < -0.39 is 39.3 Å². The van der Waals surface area contributed by atoms with E-state index in [9.17, 15) is 18.0 Å². The number of esters is 1. The van der Waals surface area contributed by atoms with Crippen molar-refractivity contribution in [1.29, 1.82) is 0 Å². The summed E-state index contributed by atoms with van der Waals surface area (Å²) in [6.07, 6.45) is 1.13. The van der Waals surface area contributed by atoms with E-state index in [4.69, 9.17) is 14.4 Å². The molecule has 0 saturated heterocycles. The molecule has 0 amide bonds. The molecule has 3 atom stereocenters. The molecule has 2 N–H and O–H groups in total. The van der Waals surface area contributed by atoms with Crippen molar-refractivity contribution in [3.05, 3.63) is 19.6 Å². The zero-order chi connectivity index (χ0) is 16.6. The number of hydrogen-bond acceptors (Lipinski definition) is 5. The summed E-state index contributed by atoms with van der Waals surface area (Å²) >= 11 is 0. The fourth-order valence-electron chi connectivity index (χ4n) is 1.92. The second-order valence-corrected chi connectivity index (χ2v) is 6.34. The number of carbonyl (C=O) groups excluding carboxylic acids is 1. The van der Waals surface area contributed by atoms with Crippen LogP contribution in [0.25, 0.3) is 0 Å². The van der Waals surface area contributed by atoms with E-state index >= 15 is 0 Å². The number of aliphatic carboxylic acids is 1. The number of unbranched alkanes of at least 4 members (excludes halogenated alkanes) is 1. The normalized spacial score (nSPS) is 15.0. The standard InChI is InChI=1S/C13H21O7S.Li.H/c1-4-13(16)20-9(2)11(10(3)21(17,18)19)7-5-6-8-12(14)15;;/h4,9-11H,1,3,5-8H2,2H3,(H,14,15)(H,17,18,19);;. The van der Waals surface area contributed by atoms with Crippen molar-refractivity contribution < 1.29 is 32.4 Å². The Kier molecular flexibility index (Phi) is 11.6. The first-order valence-corrected chi connectivity index (χ1v) is 7.94. The molecule has 0 aromatic heterocycles. The van der Waals surface area contributed by atoms with Crippen molar-refractivity contribution >= 4 is 40.9 Å². The quantitative estimate of drug-likeness (QED) is 0.200. The van der Waals surface area contributed by atoms with Crippen molar-refractivity contribution in [2.45, 2.75) is 44.0 Å². The molecule has 0 aromatic carbocycles. The molecule has 9 heteroatoms. The Labute approximate surface area is 143 Å². The van der Waals surface area contributed by atoms with Crippen LogP contribution in [0.1, 0.15) is 32.6 Å². The van der Waals surface area contributed by atoms with Crippen molar-refractivity contribution in [1.82, 2.24) is 0 Å². The number of carboxylic acid groups (broad SMARTS) is 1. The zero-order valence-corrected chi connectivity index (χ0v) is 12.7. The summed E-state index contributed by atoms with van der Waals surface area (Å²) in [5, 5.41) is 7.18. The molecule has 0 aliphatic rings. The Hall–Kier alpha value is -0.813. The van der Waals surface area contributed by atoms with Crippen LogP contribution in [0.15, 0.2) is 12.7 Å². The van der Waals surface area contributed by atoms with Crippen molar-refractivity contribution in [3.63, 3.8) is 0 Å². The predicted octanol–water partition coefficient (Wildman–Crippen LogP) is 0.807. The Balaban J connectivity index is 0. The predicted molar refractivity (Wildman–Crippen MR) is 83.2 cm³/mol. The Morgan fingerprint density at radius 2 is 1.86 bits per heavy atom. The second-order valence-electron chi connectivity index (χ2n) is 4.70. The molecule has 0 saturated carbocycles. The molecular weight excluding hydrogens is 307 g/mol. The van der Waals surface area contributed by atoms with Crippen LogP contribution in [0.5, 0.6) is 0 Å². The molecule has 0 bridgehead atoms. The number of ether oxygens (including phenoxy) is 1. The van der Waals surface area contributed by atoms with Crippen LogP contribution < -0.4 is 0 Å². The Morgan fingerprint density at radius 3 is 2.27 bits per heavy atom. The molecule has 0 aliphatic carbocycles. The topological polar surface area (TPSA) is 118 Å². The molecule has 0 aromatic rings. The summed E-state index contributed by atoms with van der Waals surface area (Å²) < 4.78 is 36.5. The number of carboxylic acids is 1. The fraction of sp³-hybridized carbons (Fsp3) is 0.615. The SMILES string of the molecule is [CH2]C(C(CCCCC(=O)O)C(C)OC(=O)C=C)S(=O)(=O)O.[LiH]. The molecule has 0 spiro atoms. The van der Waals surface area contributed by atoms with Crippen LogP contribution >= 0.6 is 0 Å². The number of carbonyl (C=O) groups is 2. The molecule has 0 aliphatic heterocycles. The second kappa shape index (κ2) is 10.8. The van der Waals surface area contributed by atoms with Gasteiger partial charge in [0.05, 0.1) is 5.25 Å². The molecule has 22 heavy (non-hydrogen) atoms. The summed E-state index contributed by atoms with van der Waals surface area (Å²) in [5.41, 5.74) is 0. The van der Waals surface area contributed by atoms with Gasteiger partial charge < -0.3 is 9.84 Å². The van der Waals surface area contributed by atoms with E-state index in [1.165, 1.54) is 6.92 Å². The minimum atomic E-state index is -4.39. The minimum absolute atomic E-state index is 0. The molecule has 0 rings (SSSR count). The molecule has 7 nitrogen and oxygen atoms in total. The average Bonchev–Trinajstić information content (AvgIpc) is 2.36. The van der Waals surface area contributed by atoms with Crippen LogP contribution in [0, 0.1) is 12.8 Å². The van der Waals surface area contributed by atoms with Crippen LogP contribution in [-0.4, -0.2) is 60.2 Å². The first kappa shape index (κ1) is 23.5. The molecule has 0 heterocycles. The van der Waals surface area contributed by atoms with Crippen molar-refractivity contribution in [3.8, 4) is 0 Å². The summed E-state index contributed by atoms with van der Waals surface area (Å²) in [6, 6.07) is 0. The van der Waals surface area contributed by atoms with Gasteiger partial charge in [0.15, 0.2) is 0 Å². The summed E-state index contributed by atoms with van der Waals surface area (Å²) in [5.74, 6) is -2.39. The van der Waals surface area contributed by atoms with Crippen LogP contribution in [-0.2, 0) is 24.4 Å². The first-order chi connectivity index (χ1) is 9.59. The Morgan fingerprint density at radius 1 is 1.32 bits per heavy atom. The van der Waals surface area contributed by atoms with Gasteiger partial charge in [0.1, 0.15) is 6.10 Å². The van der Waals surface area contributed by atoms with Gasteiger partial charge in [-0.1, -0.05) is 13.0 Å². The van der Waals surface area contributed by atoms with Gasteiger partial charge in [-0.2, -0.15) is 8.42 Å².